The van der Waals surface area contributed by atoms with E-state index in [-0.39, 0.29) is 6.04 Å². The molecule has 1 aliphatic rings. The average molecular weight is 281 g/mol. The summed E-state index contributed by atoms with van der Waals surface area (Å²) in [4.78, 5) is 0. The fraction of sp³-hybridized carbons (Fsp3) is 0.500. The Bertz CT molecular complexity index is 581. The van der Waals surface area contributed by atoms with Crippen LogP contribution in [-0.2, 0) is 0 Å². The molecule has 1 heteroatoms. The van der Waals surface area contributed by atoms with Gasteiger partial charge in [0, 0.05) is 6.04 Å². The van der Waals surface area contributed by atoms with Crippen LogP contribution in [0.3, 0.4) is 0 Å². The lowest BCUT2D eigenvalue weighted by atomic mass is 9.75. The third kappa shape index (κ3) is 3.29. The summed E-state index contributed by atoms with van der Waals surface area (Å²) in [6, 6.07) is 15.5. The van der Waals surface area contributed by atoms with Crippen LogP contribution >= 0.6 is 0 Å². The van der Waals surface area contributed by atoms with Crippen LogP contribution in [0.4, 0.5) is 0 Å². The van der Waals surface area contributed by atoms with Crippen LogP contribution in [0.15, 0.2) is 42.5 Å². The molecule has 0 saturated heterocycles. The third-order valence-corrected chi connectivity index (χ3v) is 5.25. The van der Waals surface area contributed by atoms with Crippen LogP contribution in [-0.4, -0.2) is 0 Å². The molecule has 2 aromatic carbocycles. The van der Waals surface area contributed by atoms with Crippen molar-refractivity contribution in [3.63, 3.8) is 0 Å². The molecular weight excluding hydrogens is 254 g/mol. The van der Waals surface area contributed by atoms with Gasteiger partial charge in [0.15, 0.2) is 0 Å². The number of nitrogens with two attached hydrogens (primary N) is 1. The Hall–Kier alpha value is -1.34. The molecule has 0 radical (unpaired) electrons. The predicted octanol–water partition coefficient (Wildman–Crippen LogP) is 5.45. The van der Waals surface area contributed by atoms with Gasteiger partial charge in [-0.1, -0.05) is 69.0 Å². The van der Waals surface area contributed by atoms with Crippen molar-refractivity contribution in [3.05, 3.63) is 48.0 Å². The van der Waals surface area contributed by atoms with E-state index < -0.39 is 0 Å². The molecule has 2 aromatic rings. The molecule has 1 nitrogen and oxygen atoms in total. The molecule has 0 amide bonds. The van der Waals surface area contributed by atoms with Crippen molar-refractivity contribution in [1.29, 1.82) is 0 Å². The Labute approximate surface area is 128 Å². The second kappa shape index (κ2) is 6.62. The minimum absolute atomic E-state index is 0.206. The van der Waals surface area contributed by atoms with Crippen LogP contribution < -0.4 is 5.73 Å². The van der Waals surface area contributed by atoms with Crippen molar-refractivity contribution in [1.82, 2.24) is 0 Å². The molecule has 0 heterocycles. The first-order valence-electron chi connectivity index (χ1n) is 8.52. The van der Waals surface area contributed by atoms with Gasteiger partial charge in [0.25, 0.3) is 0 Å². The topological polar surface area (TPSA) is 26.0 Å². The van der Waals surface area contributed by atoms with E-state index in [0.29, 0.717) is 5.92 Å². The normalized spacial score (nSPS) is 24.1. The summed E-state index contributed by atoms with van der Waals surface area (Å²) < 4.78 is 0. The molecule has 0 aromatic heterocycles. The van der Waals surface area contributed by atoms with Gasteiger partial charge >= 0.3 is 0 Å². The molecule has 0 aliphatic heterocycles. The zero-order chi connectivity index (χ0) is 14.7. The highest BCUT2D eigenvalue weighted by molar-refractivity contribution is 5.83. The minimum atomic E-state index is 0.206. The standard InChI is InChI=1S/C20H27N/c1-2-5-15-8-10-17(11-9-15)20(21)19-13-12-16-6-3-4-7-18(16)14-19/h3-4,6-7,12-15,17,20H,2,5,8-11,21H2,1H3. The number of benzene rings is 2. The summed E-state index contributed by atoms with van der Waals surface area (Å²) in [5.74, 6) is 1.62. The van der Waals surface area contributed by atoms with Gasteiger partial charge in [-0.25, -0.2) is 0 Å². The predicted molar refractivity (Wildman–Crippen MR) is 91.2 cm³/mol. The zero-order valence-electron chi connectivity index (χ0n) is 13.1. The van der Waals surface area contributed by atoms with Crippen molar-refractivity contribution < 1.29 is 0 Å². The Kier molecular flexibility index (Phi) is 4.60. The first-order valence-corrected chi connectivity index (χ1v) is 8.52. The van der Waals surface area contributed by atoms with Gasteiger partial charge in [-0.05, 0) is 47.1 Å². The van der Waals surface area contributed by atoms with Gasteiger partial charge < -0.3 is 5.73 Å². The molecule has 112 valence electrons. The molecule has 1 fully saturated rings. The van der Waals surface area contributed by atoms with Crippen LogP contribution in [0.25, 0.3) is 10.8 Å². The SMILES string of the molecule is CCCC1CCC(C(N)c2ccc3ccccc3c2)CC1. The van der Waals surface area contributed by atoms with Crippen LogP contribution in [0, 0.1) is 11.8 Å². The number of rotatable bonds is 4. The summed E-state index contributed by atoms with van der Waals surface area (Å²) in [5, 5.41) is 2.62. The Morgan fingerprint density at radius 3 is 2.43 bits per heavy atom. The van der Waals surface area contributed by atoms with Gasteiger partial charge in [-0.15, -0.1) is 0 Å². The summed E-state index contributed by atoms with van der Waals surface area (Å²) in [6.07, 6.45) is 8.08. The van der Waals surface area contributed by atoms with Gasteiger partial charge in [0.2, 0.25) is 0 Å². The van der Waals surface area contributed by atoms with Crippen LogP contribution in [0.2, 0.25) is 0 Å². The Morgan fingerprint density at radius 1 is 1.00 bits per heavy atom. The molecule has 3 rings (SSSR count). The minimum Gasteiger partial charge on any atom is -0.324 e. The average Bonchev–Trinajstić information content (AvgIpc) is 2.55. The lowest BCUT2D eigenvalue weighted by Crippen LogP contribution is -2.26. The van der Waals surface area contributed by atoms with E-state index in [9.17, 15) is 0 Å². The van der Waals surface area contributed by atoms with Crippen molar-refractivity contribution in [2.75, 3.05) is 0 Å². The number of hydrogen-bond acceptors (Lipinski definition) is 1. The van der Waals surface area contributed by atoms with E-state index in [1.54, 1.807) is 0 Å². The molecule has 2 N–H and O–H groups in total. The van der Waals surface area contributed by atoms with Crippen molar-refractivity contribution in [2.24, 2.45) is 17.6 Å². The van der Waals surface area contributed by atoms with Gasteiger partial charge in [-0.2, -0.15) is 0 Å². The molecule has 1 aliphatic carbocycles. The molecule has 0 bridgehead atoms. The summed E-state index contributed by atoms with van der Waals surface area (Å²) in [6.45, 7) is 2.30. The van der Waals surface area contributed by atoms with E-state index in [1.165, 1.54) is 54.9 Å². The number of hydrogen-bond donors (Lipinski definition) is 1. The second-order valence-electron chi connectivity index (χ2n) is 6.70. The summed E-state index contributed by atoms with van der Waals surface area (Å²) >= 11 is 0. The Morgan fingerprint density at radius 2 is 1.71 bits per heavy atom. The maximum absolute atomic E-state index is 6.58. The highest BCUT2D eigenvalue weighted by Crippen LogP contribution is 2.37. The third-order valence-electron chi connectivity index (χ3n) is 5.25. The highest BCUT2D eigenvalue weighted by Gasteiger charge is 2.26. The maximum Gasteiger partial charge on any atom is 0.0323 e. The van der Waals surface area contributed by atoms with Crippen molar-refractivity contribution in [3.8, 4) is 0 Å². The van der Waals surface area contributed by atoms with Gasteiger partial charge in [0.05, 0.1) is 0 Å². The van der Waals surface area contributed by atoms with E-state index in [2.05, 4.69) is 49.4 Å². The van der Waals surface area contributed by atoms with Crippen LogP contribution in [0.1, 0.15) is 57.1 Å². The van der Waals surface area contributed by atoms with E-state index in [4.69, 9.17) is 5.73 Å². The molecule has 1 atom stereocenters. The monoisotopic (exact) mass is 281 g/mol. The number of fused-ring (bicyclic) bond motifs is 1. The second-order valence-corrected chi connectivity index (χ2v) is 6.70. The Balaban J connectivity index is 1.70. The highest BCUT2D eigenvalue weighted by atomic mass is 14.7. The van der Waals surface area contributed by atoms with E-state index in [0.717, 1.165) is 5.92 Å². The van der Waals surface area contributed by atoms with Gasteiger partial charge in [0.1, 0.15) is 0 Å². The fourth-order valence-corrected chi connectivity index (χ4v) is 3.93. The van der Waals surface area contributed by atoms with Gasteiger partial charge in [-0.3, -0.25) is 0 Å². The molecule has 1 saturated carbocycles. The fourth-order valence-electron chi connectivity index (χ4n) is 3.93. The van der Waals surface area contributed by atoms with Crippen LogP contribution in [0.5, 0.6) is 0 Å². The lowest BCUT2D eigenvalue weighted by Gasteiger charge is -2.32. The first kappa shape index (κ1) is 14.6. The molecule has 21 heavy (non-hydrogen) atoms. The summed E-state index contributed by atoms with van der Waals surface area (Å²) in [7, 11) is 0. The van der Waals surface area contributed by atoms with E-state index in [1.807, 2.05) is 0 Å². The molecule has 1 unspecified atom stereocenters. The van der Waals surface area contributed by atoms with E-state index >= 15 is 0 Å². The first-order chi connectivity index (χ1) is 10.3. The largest absolute Gasteiger partial charge is 0.324 e. The smallest absolute Gasteiger partial charge is 0.0323 e. The summed E-state index contributed by atoms with van der Waals surface area (Å²) in [5.41, 5.74) is 7.89. The van der Waals surface area contributed by atoms with Crippen molar-refractivity contribution in [2.45, 2.75) is 51.5 Å². The van der Waals surface area contributed by atoms with Crippen molar-refractivity contribution >= 4 is 10.8 Å². The lowest BCUT2D eigenvalue weighted by molar-refractivity contribution is 0.234. The maximum atomic E-state index is 6.58. The zero-order valence-corrected chi connectivity index (χ0v) is 13.1. The molecular formula is C20H27N. The molecule has 0 spiro atoms. The quantitative estimate of drug-likeness (QED) is 0.792.